The summed E-state index contributed by atoms with van der Waals surface area (Å²) in [6, 6.07) is 6.12. The Bertz CT molecular complexity index is 601. The van der Waals surface area contributed by atoms with Crippen LogP contribution >= 0.6 is 0 Å². The van der Waals surface area contributed by atoms with Crippen molar-refractivity contribution in [1.29, 1.82) is 0 Å². The summed E-state index contributed by atoms with van der Waals surface area (Å²) in [5, 5.41) is 7.81. The summed E-state index contributed by atoms with van der Waals surface area (Å²) in [4.78, 5) is 12.2. The van der Waals surface area contributed by atoms with Crippen LogP contribution in [0.1, 0.15) is 19.3 Å². The zero-order valence-corrected chi connectivity index (χ0v) is 11.9. The van der Waals surface area contributed by atoms with E-state index in [9.17, 15) is 13.2 Å². The Morgan fingerprint density at radius 2 is 2.00 bits per heavy atom. The molecule has 7 heteroatoms. The van der Waals surface area contributed by atoms with Gasteiger partial charge in [-0.3, -0.25) is 4.79 Å². The van der Waals surface area contributed by atoms with E-state index in [0.717, 1.165) is 19.3 Å². The molecule has 0 saturated heterocycles. The molecule has 2 rings (SSSR count). The van der Waals surface area contributed by atoms with E-state index >= 15 is 0 Å². The summed E-state index contributed by atoms with van der Waals surface area (Å²) in [7, 11) is -3.86. The van der Waals surface area contributed by atoms with Crippen molar-refractivity contribution in [2.24, 2.45) is 22.7 Å². The maximum atomic E-state index is 12.3. The monoisotopic (exact) mass is 297 g/mol. The van der Waals surface area contributed by atoms with Crippen molar-refractivity contribution in [3.8, 4) is 0 Å². The molecule has 0 heterocycles. The minimum absolute atomic E-state index is 0.0735. The fourth-order valence-electron chi connectivity index (χ4n) is 2.71. The topological polar surface area (TPSA) is 115 Å². The lowest BCUT2D eigenvalue weighted by atomic mass is 9.95. The minimum atomic E-state index is -3.86. The number of amides is 1. The van der Waals surface area contributed by atoms with Gasteiger partial charge in [-0.1, -0.05) is 18.6 Å². The van der Waals surface area contributed by atoms with Crippen LogP contribution in [0.2, 0.25) is 0 Å². The number of nitrogens with one attached hydrogen (secondary N) is 1. The lowest BCUT2D eigenvalue weighted by molar-refractivity contribution is -0.120. The van der Waals surface area contributed by atoms with Gasteiger partial charge >= 0.3 is 0 Å². The lowest BCUT2D eigenvalue weighted by Gasteiger charge is -2.18. The third-order valence-electron chi connectivity index (χ3n) is 3.75. The molecule has 0 bridgehead atoms. The molecule has 0 radical (unpaired) electrons. The van der Waals surface area contributed by atoms with Crippen molar-refractivity contribution < 1.29 is 13.2 Å². The van der Waals surface area contributed by atoms with Crippen LogP contribution in [0.4, 0.5) is 5.69 Å². The van der Waals surface area contributed by atoms with Crippen LogP contribution in [0.3, 0.4) is 0 Å². The van der Waals surface area contributed by atoms with Crippen molar-refractivity contribution in [2.45, 2.75) is 24.2 Å². The van der Waals surface area contributed by atoms with Crippen molar-refractivity contribution >= 4 is 21.6 Å². The minimum Gasteiger partial charge on any atom is -0.330 e. The Morgan fingerprint density at radius 1 is 1.30 bits per heavy atom. The van der Waals surface area contributed by atoms with Crippen molar-refractivity contribution in [1.82, 2.24) is 0 Å². The van der Waals surface area contributed by atoms with Crippen LogP contribution in [-0.2, 0) is 14.8 Å². The van der Waals surface area contributed by atoms with Gasteiger partial charge in [0.05, 0.1) is 5.69 Å². The van der Waals surface area contributed by atoms with E-state index in [1.54, 1.807) is 12.1 Å². The SMILES string of the molecule is NCC1CCCC1C(=O)Nc1ccccc1S(N)(=O)=O. The van der Waals surface area contributed by atoms with E-state index in [-0.39, 0.29) is 28.3 Å². The molecule has 1 aliphatic rings. The van der Waals surface area contributed by atoms with Gasteiger partial charge in [-0.25, -0.2) is 13.6 Å². The number of primary sulfonamides is 1. The quantitative estimate of drug-likeness (QED) is 0.756. The smallest absolute Gasteiger partial charge is 0.240 e. The number of carbonyl (C=O) groups excluding carboxylic acids is 1. The molecule has 6 nitrogen and oxygen atoms in total. The molecule has 5 N–H and O–H groups in total. The number of sulfonamides is 1. The van der Waals surface area contributed by atoms with Crippen LogP contribution < -0.4 is 16.2 Å². The molecule has 0 aromatic heterocycles. The number of para-hydroxylation sites is 1. The van der Waals surface area contributed by atoms with Crippen LogP contribution in [0, 0.1) is 11.8 Å². The zero-order chi connectivity index (χ0) is 14.8. The summed E-state index contributed by atoms with van der Waals surface area (Å²) in [6.07, 6.45) is 2.69. The molecule has 2 unspecified atom stereocenters. The number of rotatable bonds is 4. The molecule has 1 fully saturated rings. The molecule has 2 atom stereocenters. The number of nitrogens with two attached hydrogens (primary N) is 2. The number of anilines is 1. The molecule has 1 saturated carbocycles. The van der Waals surface area contributed by atoms with Gasteiger partial charge in [0.1, 0.15) is 4.90 Å². The van der Waals surface area contributed by atoms with E-state index in [2.05, 4.69) is 5.32 Å². The second-order valence-corrected chi connectivity index (χ2v) is 6.59. The second kappa shape index (κ2) is 5.90. The van der Waals surface area contributed by atoms with Gasteiger partial charge in [0.15, 0.2) is 0 Å². The number of carbonyl (C=O) groups is 1. The van der Waals surface area contributed by atoms with E-state index in [1.165, 1.54) is 12.1 Å². The predicted octanol–water partition coefficient (Wildman–Crippen LogP) is 0.648. The van der Waals surface area contributed by atoms with Crippen molar-refractivity contribution in [3.05, 3.63) is 24.3 Å². The summed E-state index contributed by atoms with van der Waals surface area (Å²) < 4.78 is 23.0. The predicted molar refractivity (Wildman–Crippen MR) is 76.3 cm³/mol. The first-order chi connectivity index (χ1) is 9.43. The van der Waals surface area contributed by atoms with Gasteiger partial charge < -0.3 is 11.1 Å². The Balaban J connectivity index is 2.20. The Morgan fingerprint density at radius 3 is 2.65 bits per heavy atom. The zero-order valence-electron chi connectivity index (χ0n) is 11.1. The summed E-state index contributed by atoms with van der Waals surface area (Å²) >= 11 is 0. The maximum Gasteiger partial charge on any atom is 0.240 e. The third kappa shape index (κ3) is 3.17. The molecule has 0 aliphatic heterocycles. The standard InChI is InChI=1S/C13H19N3O3S/c14-8-9-4-3-5-10(9)13(17)16-11-6-1-2-7-12(11)20(15,18)19/h1-2,6-7,9-10H,3-5,8,14H2,(H,16,17)(H2,15,18,19). The fourth-order valence-corrected chi connectivity index (χ4v) is 3.40. The van der Waals surface area contributed by atoms with Gasteiger partial charge in [-0.2, -0.15) is 0 Å². The second-order valence-electron chi connectivity index (χ2n) is 5.06. The van der Waals surface area contributed by atoms with Gasteiger partial charge in [0.2, 0.25) is 15.9 Å². The Labute approximate surface area is 118 Å². The van der Waals surface area contributed by atoms with E-state index in [0.29, 0.717) is 6.54 Å². The molecule has 0 spiro atoms. The Hall–Kier alpha value is -1.44. The highest BCUT2D eigenvalue weighted by atomic mass is 32.2. The Kier molecular flexibility index (Phi) is 4.42. The molecule has 110 valence electrons. The maximum absolute atomic E-state index is 12.3. The molecule has 1 aromatic carbocycles. The highest BCUT2D eigenvalue weighted by molar-refractivity contribution is 7.89. The van der Waals surface area contributed by atoms with Crippen LogP contribution in [0.15, 0.2) is 29.2 Å². The molecule has 20 heavy (non-hydrogen) atoms. The highest BCUT2D eigenvalue weighted by Crippen LogP contribution is 2.32. The van der Waals surface area contributed by atoms with Gasteiger partial charge in [-0.15, -0.1) is 0 Å². The van der Waals surface area contributed by atoms with Gasteiger partial charge in [0.25, 0.3) is 0 Å². The average molecular weight is 297 g/mol. The molecule has 1 amide bonds. The van der Waals surface area contributed by atoms with Crippen LogP contribution in [0.5, 0.6) is 0 Å². The largest absolute Gasteiger partial charge is 0.330 e. The lowest BCUT2D eigenvalue weighted by Crippen LogP contribution is -2.30. The highest BCUT2D eigenvalue weighted by Gasteiger charge is 2.32. The fraction of sp³-hybridized carbons (Fsp3) is 0.462. The molecule has 1 aliphatic carbocycles. The van der Waals surface area contributed by atoms with Gasteiger partial charge in [0, 0.05) is 5.92 Å². The van der Waals surface area contributed by atoms with E-state index < -0.39 is 10.0 Å². The van der Waals surface area contributed by atoms with Crippen molar-refractivity contribution in [3.63, 3.8) is 0 Å². The van der Waals surface area contributed by atoms with E-state index in [1.807, 2.05) is 0 Å². The number of hydrogen-bond acceptors (Lipinski definition) is 4. The normalized spacial score (nSPS) is 22.7. The number of hydrogen-bond donors (Lipinski definition) is 3. The van der Waals surface area contributed by atoms with E-state index in [4.69, 9.17) is 10.9 Å². The molecule has 1 aromatic rings. The van der Waals surface area contributed by atoms with Gasteiger partial charge in [-0.05, 0) is 37.4 Å². The first-order valence-corrected chi connectivity index (χ1v) is 8.11. The first-order valence-electron chi connectivity index (χ1n) is 6.56. The molecular formula is C13H19N3O3S. The third-order valence-corrected chi connectivity index (χ3v) is 4.72. The van der Waals surface area contributed by atoms with Crippen molar-refractivity contribution in [2.75, 3.05) is 11.9 Å². The van der Waals surface area contributed by atoms with Crippen LogP contribution in [-0.4, -0.2) is 20.9 Å². The average Bonchev–Trinajstić information content (AvgIpc) is 2.86. The number of benzene rings is 1. The summed E-state index contributed by atoms with van der Waals surface area (Å²) in [5.74, 6) is -0.181. The molecular weight excluding hydrogens is 278 g/mol. The first kappa shape index (κ1) is 15.0. The summed E-state index contributed by atoms with van der Waals surface area (Å²) in [6.45, 7) is 0.467. The van der Waals surface area contributed by atoms with Crippen LogP contribution in [0.25, 0.3) is 0 Å². The summed E-state index contributed by atoms with van der Waals surface area (Å²) in [5.41, 5.74) is 5.88.